The molecule has 0 spiro atoms. The molecule has 0 aliphatic heterocycles. The monoisotopic (exact) mass is 356 g/mol. The maximum Gasteiger partial charge on any atom is 0.418 e. The second-order valence-corrected chi connectivity index (χ2v) is 6.61. The summed E-state index contributed by atoms with van der Waals surface area (Å²) >= 11 is 0. The minimum absolute atomic E-state index is 0.230. The van der Waals surface area contributed by atoms with E-state index >= 15 is 0 Å². The molecule has 0 saturated heterocycles. The van der Waals surface area contributed by atoms with Crippen LogP contribution in [0.2, 0.25) is 0 Å². The molecular formula is C17H19F3N2O3. The van der Waals surface area contributed by atoms with Crippen LogP contribution in [-0.4, -0.2) is 32.6 Å². The number of carbonyl (C=O) groups excluding carboxylic acids is 1. The van der Waals surface area contributed by atoms with Gasteiger partial charge in [-0.1, -0.05) is 24.3 Å². The number of hydrogen-bond acceptors (Lipinski definition) is 4. The van der Waals surface area contributed by atoms with Crippen molar-refractivity contribution in [3.63, 3.8) is 0 Å². The molecule has 0 aliphatic rings. The van der Waals surface area contributed by atoms with E-state index in [2.05, 4.69) is 5.10 Å². The number of nitrogens with zero attached hydrogens (tertiary/aromatic N) is 2. The smallest absolute Gasteiger partial charge is 0.418 e. The minimum atomic E-state index is -4.70. The van der Waals surface area contributed by atoms with Gasteiger partial charge in [-0.2, -0.15) is 18.3 Å². The van der Waals surface area contributed by atoms with Gasteiger partial charge in [0.15, 0.2) is 6.10 Å². The van der Waals surface area contributed by atoms with Crippen LogP contribution >= 0.6 is 0 Å². The first-order chi connectivity index (χ1) is 11.5. The zero-order chi connectivity index (χ0) is 18.8. The molecule has 1 aromatic carbocycles. The molecule has 0 saturated carbocycles. The molecular weight excluding hydrogens is 337 g/mol. The summed E-state index contributed by atoms with van der Waals surface area (Å²) in [6.45, 7) is 5.54. The number of ether oxygens (including phenoxy) is 1. The Hall–Kier alpha value is -2.35. The lowest BCUT2D eigenvalue weighted by Crippen LogP contribution is -2.23. The van der Waals surface area contributed by atoms with Crippen LogP contribution in [0.15, 0.2) is 36.7 Å². The van der Waals surface area contributed by atoms with Crippen molar-refractivity contribution < 1.29 is 27.8 Å². The molecule has 8 heteroatoms. The molecule has 0 aliphatic carbocycles. The zero-order valence-electron chi connectivity index (χ0n) is 14.0. The van der Waals surface area contributed by atoms with Gasteiger partial charge < -0.3 is 9.84 Å². The van der Waals surface area contributed by atoms with Gasteiger partial charge in [-0.15, -0.1) is 0 Å². The third kappa shape index (κ3) is 5.32. The molecule has 2 aromatic rings. The average Bonchev–Trinajstić information content (AvgIpc) is 2.93. The van der Waals surface area contributed by atoms with Gasteiger partial charge >= 0.3 is 12.1 Å². The lowest BCUT2D eigenvalue weighted by Gasteiger charge is -2.18. The first-order valence-electron chi connectivity index (χ1n) is 7.55. The van der Waals surface area contributed by atoms with Crippen LogP contribution in [0, 0.1) is 0 Å². The van der Waals surface area contributed by atoms with Crippen LogP contribution in [0.5, 0.6) is 0 Å². The molecule has 136 valence electrons. The quantitative estimate of drug-likeness (QED) is 0.852. The minimum Gasteiger partial charge on any atom is -0.456 e. The number of rotatable bonds is 4. The lowest BCUT2D eigenvalue weighted by molar-refractivity contribution is -0.206. The van der Waals surface area contributed by atoms with E-state index in [9.17, 15) is 23.1 Å². The fourth-order valence-corrected chi connectivity index (χ4v) is 2.07. The van der Waals surface area contributed by atoms with E-state index in [1.807, 2.05) is 0 Å². The number of aliphatic hydroxyl groups is 1. The molecule has 1 N–H and O–H groups in total. The van der Waals surface area contributed by atoms with E-state index in [1.165, 1.54) is 41.3 Å². The maximum absolute atomic E-state index is 12.5. The second kappa shape index (κ2) is 6.87. The number of esters is 1. The van der Waals surface area contributed by atoms with Gasteiger partial charge in [0.25, 0.3) is 0 Å². The Kier molecular flexibility index (Phi) is 5.22. The van der Waals surface area contributed by atoms with Crippen molar-refractivity contribution >= 4 is 5.97 Å². The third-order valence-electron chi connectivity index (χ3n) is 3.22. The standard InChI is InChI=1S/C17H19F3N2O3/c1-16(2,3)25-15(24)13-8-21-22(10-13)9-11-4-6-12(7-5-11)14(23)17(18,19)20/h4-8,10,14,23H,9H2,1-3H3. The maximum atomic E-state index is 12.5. The number of hydrogen-bond donors (Lipinski definition) is 1. The van der Waals surface area contributed by atoms with Crippen LogP contribution < -0.4 is 0 Å². The van der Waals surface area contributed by atoms with E-state index < -0.39 is 23.9 Å². The Labute approximate surface area is 143 Å². The van der Waals surface area contributed by atoms with Crippen LogP contribution in [0.3, 0.4) is 0 Å². The SMILES string of the molecule is CC(C)(C)OC(=O)c1cnn(Cc2ccc(C(O)C(F)(F)F)cc2)c1. The fourth-order valence-electron chi connectivity index (χ4n) is 2.07. The molecule has 2 rings (SSSR count). The molecule has 0 bridgehead atoms. The van der Waals surface area contributed by atoms with E-state index in [0.29, 0.717) is 11.1 Å². The molecule has 1 heterocycles. The predicted octanol–water partition coefficient (Wildman–Crippen LogP) is 3.48. The Morgan fingerprint density at radius 2 is 1.84 bits per heavy atom. The Morgan fingerprint density at radius 1 is 1.24 bits per heavy atom. The van der Waals surface area contributed by atoms with E-state index in [1.54, 1.807) is 20.8 Å². The van der Waals surface area contributed by atoms with E-state index in [-0.39, 0.29) is 12.1 Å². The normalized spacial score (nSPS) is 13.6. The number of alkyl halides is 3. The summed E-state index contributed by atoms with van der Waals surface area (Å²) < 4.78 is 44.1. The molecule has 25 heavy (non-hydrogen) atoms. The summed E-state index contributed by atoms with van der Waals surface area (Å²) in [5.41, 5.74) is 0.121. The van der Waals surface area contributed by atoms with Gasteiger partial charge in [-0.3, -0.25) is 4.68 Å². The number of aliphatic hydroxyl groups excluding tert-OH is 1. The fraction of sp³-hybridized carbons (Fsp3) is 0.412. The van der Waals surface area contributed by atoms with Gasteiger partial charge in [0, 0.05) is 6.20 Å². The van der Waals surface area contributed by atoms with Gasteiger partial charge in [0.2, 0.25) is 0 Å². The first kappa shape index (κ1) is 19.0. The van der Waals surface area contributed by atoms with Crippen molar-refractivity contribution in [3.05, 3.63) is 53.3 Å². The number of aromatic nitrogens is 2. The summed E-state index contributed by atoms with van der Waals surface area (Å²) in [4.78, 5) is 11.9. The summed E-state index contributed by atoms with van der Waals surface area (Å²) in [5, 5.41) is 13.2. The summed E-state index contributed by atoms with van der Waals surface area (Å²) in [6.07, 6.45) is -4.33. The molecule has 0 radical (unpaired) electrons. The van der Waals surface area contributed by atoms with Gasteiger partial charge in [0.05, 0.1) is 18.3 Å². The van der Waals surface area contributed by atoms with Crippen molar-refractivity contribution in [1.82, 2.24) is 9.78 Å². The molecule has 1 aromatic heterocycles. The molecule has 1 unspecified atom stereocenters. The van der Waals surface area contributed by atoms with Crippen LogP contribution in [0.25, 0.3) is 0 Å². The van der Waals surface area contributed by atoms with Crippen molar-refractivity contribution in [2.24, 2.45) is 0 Å². The Morgan fingerprint density at radius 3 is 2.36 bits per heavy atom. The van der Waals surface area contributed by atoms with Crippen LogP contribution in [-0.2, 0) is 11.3 Å². The highest BCUT2D eigenvalue weighted by Gasteiger charge is 2.39. The highest BCUT2D eigenvalue weighted by atomic mass is 19.4. The summed E-state index contributed by atoms with van der Waals surface area (Å²) in [6, 6.07) is 5.37. The Bertz CT molecular complexity index is 731. The highest BCUT2D eigenvalue weighted by molar-refractivity contribution is 5.89. The molecule has 0 amide bonds. The van der Waals surface area contributed by atoms with Gasteiger partial charge in [-0.25, -0.2) is 4.79 Å². The topological polar surface area (TPSA) is 64.3 Å². The molecule has 0 fully saturated rings. The van der Waals surface area contributed by atoms with Crippen molar-refractivity contribution in [2.75, 3.05) is 0 Å². The molecule has 5 nitrogen and oxygen atoms in total. The van der Waals surface area contributed by atoms with Crippen molar-refractivity contribution in [3.8, 4) is 0 Å². The van der Waals surface area contributed by atoms with Gasteiger partial charge in [0.1, 0.15) is 5.60 Å². The third-order valence-corrected chi connectivity index (χ3v) is 3.22. The Balaban J connectivity index is 2.05. The predicted molar refractivity (Wildman–Crippen MR) is 84.0 cm³/mol. The summed E-state index contributed by atoms with van der Waals surface area (Å²) in [5.74, 6) is -0.498. The number of carbonyl (C=O) groups is 1. The number of benzene rings is 1. The van der Waals surface area contributed by atoms with Crippen LogP contribution in [0.4, 0.5) is 13.2 Å². The van der Waals surface area contributed by atoms with E-state index in [4.69, 9.17) is 4.74 Å². The average molecular weight is 356 g/mol. The lowest BCUT2D eigenvalue weighted by atomic mass is 10.1. The molecule has 1 atom stereocenters. The summed E-state index contributed by atoms with van der Waals surface area (Å²) in [7, 11) is 0. The second-order valence-electron chi connectivity index (χ2n) is 6.61. The highest BCUT2D eigenvalue weighted by Crippen LogP contribution is 2.32. The van der Waals surface area contributed by atoms with Crippen molar-refractivity contribution in [1.29, 1.82) is 0 Å². The van der Waals surface area contributed by atoms with Crippen molar-refractivity contribution in [2.45, 2.75) is 45.2 Å². The number of halogens is 3. The van der Waals surface area contributed by atoms with Gasteiger partial charge in [-0.05, 0) is 31.9 Å². The zero-order valence-corrected chi connectivity index (χ0v) is 14.0. The van der Waals surface area contributed by atoms with E-state index in [0.717, 1.165) is 0 Å². The first-order valence-corrected chi connectivity index (χ1v) is 7.55. The van der Waals surface area contributed by atoms with Crippen LogP contribution in [0.1, 0.15) is 48.4 Å². The largest absolute Gasteiger partial charge is 0.456 e.